The lowest BCUT2D eigenvalue weighted by atomic mass is 9.94. The third kappa shape index (κ3) is 1.59. The molecular weight excluding hydrogens is 204 g/mol. The van der Waals surface area contributed by atoms with Crippen molar-refractivity contribution in [2.24, 2.45) is 0 Å². The Morgan fingerprint density at radius 3 is 2.65 bits per heavy atom. The summed E-state index contributed by atoms with van der Waals surface area (Å²) in [6.45, 7) is 4.51. The lowest BCUT2D eigenvalue weighted by molar-refractivity contribution is 0.899. The lowest BCUT2D eigenvalue weighted by Gasteiger charge is -2.11. The van der Waals surface area contributed by atoms with Crippen molar-refractivity contribution in [1.82, 2.24) is 0 Å². The highest BCUT2D eigenvalue weighted by Crippen LogP contribution is 2.39. The highest BCUT2D eigenvalue weighted by molar-refractivity contribution is 5.78. The number of hydrogen-bond donors (Lipinski definition) is 0. The largest absolute Gasteiger partial charge is 0.0651 e. The van der Waals surface area contributed by atoms with Crippen LogP contribution in [0.5, 0.6) is 0 Å². The highest BCUT2D eigenvalue weighted by Gasteiger charge is 2.20. The molecule has 86 valence electrons. The topological polar surface area (TPSA) is 0 Å². The second-order valence-electron chi connectivity index (χ2n) is 4.97. The molecule has 0 heteroatoms. The van der Waals surface area contributed by atoms with Gasteiger partial charge < -0.3 is 0 Å². The van der Waals surface area contributed by atoms with Crippen molar-refractivity contribution in [3.63, 3.8) is 0 Å². The summed E-state index contributed by atoms with van der Waals surface area (Å²) >= 11 is 0. The summed E-state index contributed by atoms with van der Waals surface area (Å²) in [5, 5.41) is 0. The van der Waals surface area contributed by atoms with Gasteiger partial charge in [-0.1, -0.05) is 49.7 Å². The fourth-order valence-corrected chi connectivity index (χ4v) is 2.99. The fourth-order valence-electron chi connectivity index (χ4n) is 2.99. The predicted molar refractivity (Wildman–Crippen MR) is 73.4 cm³/mol. The van der Waals surface area contributed by atoms with E-state index in [0.717, 1.165) is 6.42 Å². The van der Waals surface area contributed by atoms with Gasteiger partial charge in [-0.05, 0) is 53.1 Å². The van der Waals surface area contributed by atoms with Crippen molar-refractivity contribution in [2.45, 2.75) is 33.1 Å². The van der Waals surface area contributed by atoms with Gasteiger partial charge in [0.1, 0.15) is 0 Å². The van der Waals surface area contributed by atoms with Crippen LogP contribution in [0.1, 0.15) is 35.6 Å². The Labute approximate surface area is 103 Å². The molecule has 0 heterocycles. The average molecular weight is 222 g/mol. The zero-order valence-electron chi connectivity index (χ0n) is 10.6. The van der Waals surface area contributed by atoms with Gasteiger partial charge in [0.2, 0.25) is 0 Å². The molecule has 0 fully saturated rings. The van der Waals surface area contributed by atoms with Gasteiger partial charge >= 0.3 is 0 Å². The van der Waals surface area contributed by atoms with Gasteiger partial charge in [0.15, 0.2) is 0 Å². The van der Waals surface area contributed by atoms with E-state index >= 15 is 0 Å². The summed E-state index contributed by atoms with van der Waals surface area (Å²) in [5.41, 5.74) is 9.02. The van der Waals surface area contributed by atoms with E-state index in [2.05, 4.69) is 50.2 Å². The Kier molecular flexibility index (Phi) is 2.51. The van der Waals surface area contributed by atoms with E-state index in [4.69, 9.17) is 0 Å². The lowest BCUT2D eigenvalue weighted by Crippen LogP contribution is -1.96. The molecule has 17 heavy (non-hydrogen) atoms. The Balaban J connectivity index is 2.20. The van der Waals surface area contributed by atoms with Crippen molar-refractivity contribution in [2.75, 3.05) is 0 Å². The van der Waals surface area contributed by atoms with Crippen LogP contribution in [-0.4, -0.2) is 0 Å². The van der Waals surface area contributed by atoms with Gasteiger partial charge in [-0.25, -0.2) is 0 Å². The minimum Gasteiger partial charge on any atom is -0.0651 e. The Morgan fingerprint density at radius 1 is 1.00 bits per heavy atom. The van der Waals surface area contributed by atoms with Crippen LogP contribution in [0.3, 0.4) is 0 Å². The molecule has 1 aliphatic rings. The van der Waals surface area contributed by atoms with Crippen molar-refractivity contribution >= 4 is 0 Å². The van der Waals surface area contributed by atoms with Crippen LogP contribution in [-0.2, 0) is 12.8 Å². The predicted octanol–water partition coefficient (Wildman–Crippen LogP) is 4.52. The van der Waals surface area contributed by atoms with Gasteiger partial charge in [0, 0.05) is 0 Å². The Bertz CT molecular complexity index is 564. The van der Waals surface area contributed by atoms with E-state index in [0.29, 0.717) is 0 Å². The SMILES string of the molecule is CCCc1c(C)ccc2c1Cc1ccccc1-2. The molecule has 0 bridgehead atoms. The van der Waals surface area contributed by atoms with Crippen LogP contribution < -0.4 is 0 Å². The molecule has 0 aliphatic heterocycles. The molecule has 0 saturated heterocycles. The molecule has 0 saturated carbocycles. The van der Waals surface area contributed by atoms with Crippen molar-refractivity contribution in [1.29, 1.82) is 0 Å². The molecule has 2 aromatic rings. The normalized spacial score (nSPS) is 12.4. The van der Waals surface area contributed by atoms with Crippen LogP contribution in [0.4, 0.5) is 0 Å². The van der Waals surface area contributed by atoms with Crippen molar-refractivity contribution < 1.29 is 0 Å². The van der Waals surface area contributed by atoms with Crippen LogP contribution in [0.2, 0.25) is 0 Å². The first-order valence-corrected chi connectivity index (χ1v) is 6.51. The maximum absolute atomic E-state index is 2.30. The zero-order valence-corrected chi connectivity index (χ0v) is 10.6. The molecule has 0 unspecified atom stereocenters. The average Bonchev–Trinajstić information content (AvgIpc) is 2.72. The van der Waals surface area contributed by atoms with Gasteiger partial charge in [-0.15, -0.1) is 0 Å². The number of fused-ring (bicyclic) bond motifs is 3. The molecule has 2 aromatic carbocycles. The summed E-state index contributed by atoms with van der Waals surface area (Å²) in [4.78, 5) is 0. The highest BCUT2D eigenvalue weighted by atomic mass is 14.2. The third-order valence-electron chi connectivity index (χ3n) is 3.84. The molecule has 0 atom stereocenters. The van der Waals surface area contributed by atoms with Gasteiger partial charge in [0.05, 0.1) is 0 Å². The second kappa shape index (κ2) is 4.03. The van der Waals surface area contributed by atoms with Crippen LogP contribution in [0.15, 0.2) is 36.4 Å². The number of hydrogen-bond acceptors (Lipinski definition) is 0. The number of rotatable bonds is 2. The minimum atomic E-state index is 1.13. The van der Waals surface area contributed by atoms with E-state index < -0.39 is 0 Å². The van der Waals surface area contributed by atoms with E-state index in [1.165, 1.54) is 35.1 Å². The summed E-state index contributed by atoms with van der Waals surface area (Å²) in [6, 6.07) is 13.4. The summed E-state index contributed by atoms with van der Waals surface area (Å²) in [7, 11) is 0. The van der Waals surface area contributed by atoms with E-state index in [-0.39, 0.29) is 0 Å². The molecule has 0 spiro atoms. The molecule has 1 aliphatic carbocycles. The van der Waals surface area contributed by atoms with E-state index in [1.54, 1.807) is 11.1 Å². The molecule has 0 N–H and O–H groups in total. The van der Waals surface area contributed by atoms with Crippen molar-refractivity contribution in [3.8, 4) is 11.1 Å². The first-order chi connectivity index (χ1) is 8.31. The van der Waals surface area contributed by atoms with E-state index in [9.17, 15) is 0 Å². The van der Waals surface area contributed by atoms with E-state index in [1.807, 2.05) is 0 Å². The third-order valence-corrected chi connectivity index (χ3v) is 3.84. The quantitative estimate of drug-likeness (QED) is 0.598. The van der Waals surface area contributed by atoms with Gasteiger partial charge in [-0.3, -0.25) is 0 Å². The molecule has 0 nitrogen and oxygen atoms in total. The maximum atomic E-state index is 2.30. The first kappa shape index (κ1) is 10.6. The van der Waals surface area contributed by atoms with Crippen LogP contribution in [0, 0.1) is 6.92 Å². The summed E-state index contributed by atoms with van der Waals surface area (Å²) < 4.78 is 0. The van der Waals surface area contributed by atoms with Gasteiger partial charge in [0.25, 0.3) is 0 Å². The number of aryl methyl sites for hydroxylation is 1. The standard InChI is InChI=1S/C17H18/c1-3-6-14-12(2)9-10-16-15-8-5-4-7-13(15)11-17(14)16/h4-5,7-10H,3,6,11H2,1-2H3. The Hall–Kier alpha value is -1.56. The molecule has 0 radical (unpaired) electrons. The number of benzene rings is 2. The van der Waals surface area contributed by atoms with Crippen LogP contribution >= 0.6 is 0 Å². The second-order valence-corrected chi connectivity index (χ2v) is 4.97. The monoisotopic (exact) mass is 222 g/mol. The smallest absolute Gasteiger partial charge is 0.00106 e. The minimum absolute atomic E-state index is 1.13. The van der Waals surface area contributed by atoms with Crippen LogP contribution in [0.25, 0.3) is 11.1 Å². The molecular formula is C17H18. The summed E-state index contributed by atoms with van der Waals surface area (Å²) in [5.74, 6) is 0. The molecule has 3 rings (SSSR count). The zero-order chi connectivity index (χ0) is 11.8. The van der Waals surface area contributed by atoms with Crippen molar-refractivity contribution in [3.05, 3.63) is 58.7 Å². The molecule has 0 amide bonds. The molecule has 0 aromatic heterocycles. The first-order valence-electron chi connectivity index (χ1n) is 6.51. The Morgan fingerprint density at radius 2 is 1.82 bits per heavy atom. The maximum Gasteiger partial charge on any atom is -0.00106 e. The summed E-state index contributed by atoms with van der Waals surface area (Å²) in [6.07, 6.45) is 3.57. The fraction of sp³-hybridized carbons (Fsp3) is 0.294. The van der Waals surface area contributed by atoms with Gasteiger partial charge in [-0.2, -0.15) is 0 Å².